The van der Waals surface area contributed by atoms with Gasteiger partial charge in [0.25, 0.3) is 0 Å². The second-order valence-corrected chi connectivity index (χ2v) is 18.7. The Kier molecular flexibility index (Phi) is 24.4. The zero-order chi connectivity index (χ0) is 55.0. The van der Waals surface area contributed by atoms with E-state index in [9.17, 15) is 43.2 Å². The van der Waals surface area contributed by atoms with Crippen LogP contribution in [0.25, 0.3) is 10.9 Å². The van der Waals surface area contributed by atoms with E-state index in [4.69, 9.17) is 17.2 Å². The molecular weight excluding hydrogens is 1010 g/mol. The van der Waals surface area contributed by atoms with Crippen molar-refractivity contribution in [2.45, 2.75) is 108 Å². The number of carbonyl (C=O) groups is 9. The lowest BCUT2D eigenvalue weighted by Gasteiger charge is -2.28. The van der Waals surface area contributed by atoms with Crippen molar-refractivity contribution in [1.82, 2.24) is 57.5 Å². The Morgan fingerprint density at radius 3 is 1.83 bits per heavy atom. The number of amides is 9. The third-order valence-corrected chi connectivity index (χ3v) is 12.4. The van der Waals surface area contributed by atoms with Gasteiger partial charge in [0.2, 0.25) is 53.2 Å². The summed E-state index contributed by atoms with van der Waals surface area (Å²) in [6.07, 6.45) is 4.57. The number of nitrogens with two attached hydrogens (primary N) is 3. The summed E-state index contributed by atoms with van der Waals surface area (Å²) in [4.78, 5) is 135. The molecule has 7 atom stereocenters. The summed E-state index contributed by atoms with van der Waals surface area (Å²) in [7, 11) is 0. The number of rotatable bonds is 31. The summed E-state index contributed by atoms with van der Waals surface area (Å²) < 4.78 is 0. The van der Waals surface area contributed by atoms with Crippen molar-refractivity contribution in [2.24, 2.45) is 28.1 Å². The fourth-order valence-corrected chi connectivity index (χ4v) is 8.27. The first-order chi connectivity index (χ1) is 35.8. The van der Waals surface area contributed by atoms with Crippen LogP contribution >= 0.6 is 25.3 Å². The van der Waals surface area contributed by atoms with E-state index in [0.29, 0.717) is 16.8 Å². The first-order valence-electron chi connectivity index (χ1n) is 24.3. The summed E-state index contributed by atoms with van der Waals surface area (Å²) in [6.45, 7) is 4.78. The lowest BCUT2D eigenvalue weighted by Crippen LogP contribution is -2.61. The first-order valence-corrected chi connectivity index (χ1v) is 25.5. The molecule has 0 radical (unpaired) electrons. The number of aliphatic imine (C=N–C) groups is 1. The van der Waals surface area contributed by atoms with Gasteiger partial charge in [-0.3, -0.25) is 48.1 Å². The lowest BCUT2D eigenvalue weighted by atomic mass is 10.0. The smallest absolute Gasteiger partial charge is 0.244 e. The quantitative estimate of drug-likeness (QED) is 0.0116. The van der Waals surface area contributed by atoms with E-state index in [0.717, 1.165) is 10.9 Å². The van der Waals surface area contributed by atoms with E-state index in [2.05, 4.69) is 87.7 Å². The molecule has 2 heterocycles. The Hall–Kier alpha value is -7.61. The number of aromatic amines is 2. The van der Waals surface area contributed by atoms with Crippen LogP contribution in [0.3, 0.4) is 0 Å². The number of nitrogens with one attached hydrogen (secondary N) is 10. The highest BCUT2D eigenvalue weighted by molar-refractivity contribution is 7.80. The predicted molar refractivity (Wildman–Crippen MR) is 288 cm³/mol. The fourth-order valence-electron chi connectivity index (χ4n) is 7.74. The van der Waals surface area contributed by atoms with Crippen LogP contribution < -0.4 is 59.7 Å². The molecule has 0 saturated carbocycles. The minimum absolute atomic E-state index is 0.000469. The number of aromatic nitrogens is 3. The molecule has 24 nitrogen and oxygen atoms in total. The van der Waals surface area contributed by atoms with Crippen molar-refractivity contribution in [2.75, 3.05) is 24.6 Å². The van der Waals surface area contributed by atoms with E-state index in [-0.39, 0.29) is 81.4 Å². The molecule has 0 unspecified atom stereocenters. The number of fused-ring (bicyclic) bond motifs is 1. The molecule has 0 saturated heterocycles. The van der Waals surface area contributed by atoms with Gasteiger partial charge in [-0.05, 0) is 42.4 Å². The predicted octanol–water partition coefficient (Wildman–Crippen LogP) is -1.72. The number of primary amides is 1. The molecule has 2 aromatic carbocycles. The molecule has 0 aliphatic carbocycles. The number of para-hydroxylation sites is 1. The highest BCUT2D eigenvalue weighted by Gasteiger charge is 2.34. The molecule has 0 aliphatic heterocycles. The fraction of sp³-hybridized carbons (Fsp3) is 0.449. The molecule has 16 N–H and O–H groups in total. The molecule has 0 fully saturated rings. The normalized spacial score (nSPS) is 13.8. The van der Waals surface area contributed by atoms with Crippen molar-refractivity contribution >= 4 is 95.3 Å². The Balaban J connectivity index is 1.61. The van der Waals surface area contributed by atoms with Gasteiger partial charge in [0, 0.05) is 86.2 Å². The molecule has 26 heteroatoms. The van der Waals surface area contributed by atoms with Crippen LogP contribution in [-0.4, -0.2) is 141 Å². The number of hydrogen-bond acceptors (Lipinski definition) is 13. The Labute approximate surface area is 445 Å². The number of imidazole rings is 1. The van der Waals surface area contributed by atoms with Gasteiger partial charge in [-0.1, -0.05) is 62.4 Å². The largest absolute Gasteiger partial charge is 0.370 e. The van der Waals surface area contributed by atoms with Gasteiger partial charge in [0.15, 0.2) is 5.96 Å². The molecule has 4 aromatic rings. The first kappa shape index (κ1) is 59.9. The van der Waals surface area contributed by atoms with E-state index in [1.165, 1.54) is 19.4 Å². The summed E-state index contributed by atoms with van der Waals surface area (Å²) in [6, 6.07) is 7.62. The summed E-state index contributed by atoms with van der Waals surface area (Å²) in [5, 5.41) is 22.3. The van der Waals surface area contributed by atoms with Crippen LogP contribution in [-0.2, 0) is 62.4 Å². The van der Waals surface area contributed by atoms with E-state index in [1.54, 1.807) is 50.4 Å². The molecule has 75 heavy (non-hydrogen) atoms. The van der Waals surface area contributed by atoms with E-state index < -0.39 is 95.5 Å². The van der Waals surface area contributed by atoms with Gasteiger partial charge in [-0.2, -0.15) is 25.3 Å². The molecule has 406 valence electrons. The van der Waals surface area contributed by atoms with Gasteiger partial charge in [0.05, 0.1) is 6.33 Å². The van der Waals surface area contributed by atoms with Gasteiger partial charge in [-0.15, -0.1) is 0 Å². The molecule has 0 aliphatic rings. The Morgan fingerprint density at radius 2 is 1.23 bits per heavy atom. The van der Waals surface area contributed by atoms with Crippen molar-refractivity contribution in [1.29, 1.82) is 0 Å². The number of carbonyl (C=O) groups excluding carboxylic acids is 9. The van der Waals surface area contributed by atoms with Crippen LogP contribution in [0, 0.1) is 5.92 Å². The summed E-state index contributed by atoms with van der Waals surface area (Å²) in [5.74, 6) is -6.80. The number of H-pyrrole nitrogens is 2. The highest BCUT2D eigenvalue weighted by Crippen LogP contribution is 2.20. The second kappa shape index (κ2) is 30.6. The molecule has 0 spiro atoms. The van der Waals surface area contributed by atoms with Crippen LogP contribution in [0.4, 0.5) is 0 Å². The van der Waals surface area contributed by atoms with E-state index >= 15 is 0 Å². The van der Waals surface area contributed by atoms with Crippen LogP contribution in [0.2, 0.25) is 0 Å². The van der Waals surface area contributed by atoms with Crippen LogP contribution in [0.15, 0.2) is 78.3 Å². The maximum Gasteiger partial charge on any atom is 0.244 e. The molecule has 9 amide bonds. The Morgan fingerprint density at radius 1 is 0.640 bits per heavy atom. The summed E-state index contributed by atoms with van der Waals surface area (Å²) in [5.41, 5.74) is 19.0. The van der Waals surface area contributed by atoms with Crippen molar-refractivity contribution < 1.29 is 43.2 Å². The topological polar surface area (TPSA) is 385 Å². The number of hydrogen-bond donors (Lipinski definition) is 15. The third kappa shape index (κ3) is 20.0. The molecule has 2 aromatic heterocycles. The van der Waals surface area contributed by atoms with Gasteiger partial charge < -0.3 is 69.7 Å². The number of guanidine groups is 1. The van der Waals surface area contributed by atoms with Gasteiger partial charge in [-0.25, -0.2) is 4.98 Å². The molecule has 4 rings (SSSR count). The minimum atomic E-state index is -1.37. The third-order valence-electron chi connectivity index (χ3n) is 11.7. The second-order valence-electron chi connectivity index (χ2n) is 18.0. The highest BCUT2D eigenvalue weighted by atomic mass is 32.1. The van der Waals surface area contributed by atoms with Crippen molar-refractivity contribution in [3.8, 4) is 0 Å². The average Bonchev–Trinajstić information content (AvgIpc) is 4.05. The number of nitrogens with zero attached hydrogens (tertiary/aromatic N) is 2. The SMILES string of the molecule is CC(=O)N[C@H](C(=O)N[C@@H](CS)C(=O)N[C@@H](Cc1cnc[nH]1)C(=O)N[C@H](Cc1ccccc1)C(=O)N[C@@H](CCCN=C(N)N)C(=O)N[C@@H](Cc1c[nH]c2ccccc12)C(=O)NCCCC(=O)N[C@@H](CS)C(N)=O)C(C)C. The maximum absolute atomic E-state index is 14.6. The monoisotopic (exact) mass is 1080 g/mol. The maximum atomic E-state index is 14.6. The average molecular weight is 1080 g/mol. The number of thiol groups is 2. The standard InChI is InChI=1S/C49H69N15O9S2/c1-27(2)41(58-28(3)65)48(73)64-39(25-75)47(72)63-37(21-31-23-53-26-57-31)46(71)61-35(19-29-11-5-4-6-12-29)45(70)60-34(15-9-18-55-49(51)52)44(69)62-36(20-30-22-56-33-14-8-7-13-32(30)33)43(68)54-17-10-16-40(66)59-38(24-74)42(50)67/h4-8,11-14,22-23,26-27,34-39,41,56,74-75H,9-10,15-21,24-25H2,1-3H3,(H2,50,67)(H,53,57)(H,54,68)(H,58,65)(H,59,66)(H,60,70)(H,61,71)(H,62,69)(H,63,72)(H,64,73)(H4,51,52,55)/t34-,35+,36-,37-,38-,39-,41-/m0/s1. The minimum Gasteiger partial charge on any atom is -0.370 e. The molecular formula is C49H69N15O9S2. The Bertz CT molecular complexity index is 2590. The molecule has 0 bridgehead atoms. The zero-order valence-corrected chi connectivity index (χ0v) is 43.8. The number of benzene rings is 2. The lowest BCUT2D eigenvalue weighted by molar-refractivity contribution is -0.135. The van der Waals surface area contributed by atoms with Gasteiger partial charge in [0.1, 0.15) is 42.3 Å². The van der Waals surface area contributed by atoms with Crippen LogP contribution in [0.1, 0.15) is 63.3 Å². The van der Waals surface area contributed by atoms with Gasteiger partial charge >= 0.3 is 0 Å². The van der Waals surface area contributed by atoms with E-state index in [1.807, 2.05) is 24.3 Å². The summed E-state index contributed by atoms with van der Waals surface area (Å²) >= 11 is 8.33. The van der Waals surface area contributed by atoms with Crippen LogP contribution in [0.5, 0.6) is 0 Å². The van der Waals surface area contributed by atoms with Crippen molar-refractivity contribution in [3.05, 3.63) is 90.1 Å². The van der Waals surface area contributed by atoms with Crippen molar-refractivity contribution in [3.63, 3.8) is 0 Å². The zero-order valence-electron chi connectivity index (χ0n) is 42.0.